The van der Waals surface area contributed by atoms with Crippen LogP contribution in [0, 0.1) is 0 Å². The molecule has 0 fully saturated rings. The van der Waals surface area contributed by atoms with Crippen LogP contribution in [-0.2, 0) is 0 Å². The number of hydrogen-bond acceptors (Lipinski definition) is 2. The summed E-state index contributed by atoms with van der Waals surface area (Å²) in [5.74, 6) is 0.0123. The Morgan fingerprint density at radius 1 is 1.12 bits per heavy atom. The van der Waals surface area contributed by atoms with Gasteiger partial charge in [0.1, 0.15) is 0 Å². The van der Waals surface area contributed by atoms with Gasteiger partial charge in [-0.3, -0.25) is 4.79 Å². The summed E-state index contributed by atoms with van der Waals surface area (Å²) < 4.78 is 0. The van der Waals surface area contributed by atoms with Crippen molar-refractivity contribution >= 4 is 23.1 Å². The van der Waals surface area contributed by atoms with E-state index in [1.807, 2.05) is 18.2 Å². The van der Waals surface area contributed by atoms with Crippen molar-refractivity contribution in [2.45, 2.75) is 6.92 Å². The smallest absolute Gasteiger partial charge is 0.159 e. The van der Waals surface area contributed by atoms with E-state index < -0.39 is 0 Å². The molecule has 0 atom stereocenters. The lowest BCUT2D eigenvalue weighted by molar-refractivity contribution is 0.101. The molecule has 0 amide bonds. The van der Waals surface area contributed by atoms with Gasteiger partial charge in [-0.2, -0.15) is 0 Å². The topological polar surface area (TPSA) is 43.1 Å². The van der Waals surface area contributed by atoms with Crippen molar-refractivity contribution in [1.29, 1.82) is 0 Å². The summed E-state index contributed by atoms with van der Waals surface area (Å²) in [6.45, 7) is 1.53. The highest BCUT2D eigenvalue weighted by molar-refractivity contribution is 6.33. The number of nitrogen functional groups attached to an aromatic ring is 1. The number of hydrogen-bond donors (Lipinski definition) is 1. The number of anilines is 1. The van der Waals surface area contributed by atoms with E-state index >= 15 is 0 Å². The maximum absolute atomic E-state index is 11.4. The predicted octanol–water partition coefficient (Wildman–Crippen LogP) is 3.79. The number of Topliss-reactive ketones (excluding diaryl/α,β-unsaturated/α-hetero) is 1. The molecule has 2 N–H and O–H groups in total. The Balaban J connectivity index is 2.63. The van der Waals surface area contributed by atoms with Gasteiger partial charge in [0.2, 0.25) is 0 Å². The molecule has 0 radical (unpaired) electrons. The molecule has 0 aromatic heterocycles. The zero-order valence-electron chi connectivity index (χ0n) is 9.41. The minimum Gasteiger partial charge on any atom is -0.398 e. The van der Waals surface area contributed by atoms with E-state index in [4.69, 9.17) is 17.3 Å². The number of benzene rings is 2. The van der Waals surface area contributed by atoms with Crippen LogP contribution < -0.4 is 5.73 Å². The Hall–Kier alpha value is -1.80. The van der Waals surface area contributed by atoms with Crippen LogP contribution in [0.25, 0.3) is 11.1 Å². The van der Waals surface area contributed by atoms with Gasteiger partial charge in [0.25, 0.3) is 0 Å². The molecule has 2 nitrogen and oxygen atoms in total. The van der Waals surface area contributed by atoms with Crippen molar-refractivity contribution in [3.63, 3.8) is 0 Å². The zero-order chi connectivity index (χ0) is 12.4. The number of rotatable bonds is 2. The first-order valence-electron chi connectivity index (χ1n) is 5.25. The third-order valence-corrected chi connectivity index (χ3v) is 2.95. The summed E-state index contributed by atoms with van der Waals surface area (Å²) in [6, 6.07) is 12.7. The first kappa shape index (κ1) is 11.7. The van der Waals surface area contributed by atoms with Gasteiger partial charge in [0.15, 0.2) is 5.78 Å². The van der Waals surface area contributed by atoms with Crippen molar-refractivity contribution in [2.75, 3.05) is 5.73 Å². The molecule has 0 bridgehead atoms. The summed E-state index contributed by atoms with van der Waals surface area (Å²) in [4.78, 5) is 11.4. The molecular formula is C14H12ClNO. The lowest BCUT2D eigenvalue weighted by atomic mass is 10.00. The van der Waals surface area contributed by atoms with Crippen LogP contribution in [0.3, 0.4) is 0 Å². The number of halogens is 1. The third-order valence-electron chi connectivity index (χ3n) is 2.62. The molecule has 0 spiro atoms. The summed E-state index contributed by atoms with van der Waals surface area (Å²) >= 11 is 6.12. The van der Waals surface area contributed by atoms with Crippen LogP contribution in [0.2, 0.25) is 5.02 Å². The van der Waals surface area contributed by atoms with Gasteiger partial charge < -0.3 is 5.73 Å². The Morgan fingerprint density at radius 3 is 2.47 bits per heavy atom. The summed E-state index contributed by atoms with van der Waals surface area (Å²) in [5, 5.41) is 0.625. The molecule has 0 aliphatic carbocycles. The first-order valence-corrected chi connectivity index (χ1v) is 5.63. The highest BCUT2D eigenvalue weighted by atomic mass is 35.5. The lowest BCUT2D eigenvalue weighted by Gasteiger charge is -2.09. The molecule has 0 saturated carbocycles. The second-order valence-electron chi connectivity index (χ2n) is 3.84. The maximum Gasteiger partial charge on any atom is 0.159 e. The molecule has 86 valence electrons. The predicted molar refractivity (Wildman–Crippen MR) is 71.3 cm³/mol. The molecule has 2 aromatic rings. The number of nitrogens with two attached hydrogens (primary N) is 1. The summed E-state index contributed by atoms with van der Waals surface area (Å²) in [5.41, 5.74) is 8.81. The van der Waals surface area contributed by atoms with Gasteiger partial charge in [-0.1, -0.05) is 29.8 Å². The second-order valence-corrected chi connectivity index (χ2v) is 4.25. The fourth-order valence-corrected chi connectivity index (χ4v) is 1.93. The van der Waals surface area contributed by atoms with Crippen LogP contribution in [0.5, 0.6) is 0 Å². The van der Waals surface area contributed by atoms with E-state index in [-0.39, 0.29) is 5.78 Å². The fraction of sp³-hybridized carbons (Fsp3) is 0.0714. The molecule has 17 heavy (non-hydrogen) atoms. The van der Waals surface area contributed by atoms with Gasteiger partial charge in [0.05, 0.1) is 0 Å². The molecule has 0 aliphatic heterocycles. The average molecular weight is 246 g/mol. The third kappa shape index (κ3) is 2.32. The molecule has 0 saturated heterocycles. The number of carbonyl (C=O) groups is 1. The van der Waals surface area contributed by atoms with E-state index in [0.29, 0.717) is 16.3 Å². The maximum atomic E-state index is 11.4. The zero-order valence-corrected chi connectivity index (χ0v) is 10.2. The Morgan fingerprint density at radius 2 is 1.82 bits per heavy atom. The number of ketones is 1. The Kier molecular flexibility index (Phi) is 3.16. The van der Waals surface area contributed by atoms with Crippen molar-refractivity contribution < 1.29 is 4.79 Å². The van der Waals surface area contributed by atoms with Crippen LogP contribution in [-0.4, -0.2) is 5.78 Å². The highest BCUT2D eigenvalue weighted by Crippen LogP contribution is 2.32. The van der Waals surface area contributed by atoms with E-state index in [2.05, 4.69) is 0 Å². The molecule has 0 aliphatic rings. The van der Waals surface area contributed by atoms with Gasteiger partial charge in [0, 0.05) is 27.4 Å². The minimum atomic E-state index is 0.0123. The quantitative estimate of drug-likeness (QED) is 0.646. The van der Waals surface area contributed by atoms with Crippen LogP contribution >= 0.6 is 11.6 Å². The van der Waals surface area contributed by atoms with E-state index in [1.54, 1.807) is 24.3 Å². The van der Waals surface area contributed by atoms with E-state index in [9.17, 15) is 4.79 Å². The summed E-state index contributed by atoms with van der Waals surface area (Å²) in [6.07, 6.45) is 0. The van der Waals surface area contributed by atoms with Crippen molar-refractivity contribution in [2.24, 2.45) is 0 Å². The van der Waals surface area contributed by atoms with Crippen LogP contribution in [0.4, 0.5) is 5.69 Å². The SMILES string of the molecule is CC(=O)c1ccc(N)c(-c2ccccc2Cl)c1. The minimum absolute atomic E-state index is 0.0123. The van der Waals surface area contributed by atoms with Gasteiger partial charge >= 0.3 is 0 Å². The largest absolute Gasteiger partial charge is 0.398 e. The molecule has 2 rings (SSSR count). The normalized spacial score (nSPS) is 10.2. The standard InChI is InChI=1S/C14H12ClNO/c1-9(17)10-6-7-14(16)12(8-10)11-4-2-3-5-13(11)15/h2-8H,16H2,1H3. The lowest BCUT2D eigenvalue weighted by Crippen LogP contribution is -1.96. The molecule has 3 heteroatoms. The van der Waals surface area contributed by atoms with Crippen LogP contribution in [0.1, 0.15) is 17.3 Å². The van der Waals surface area contributed by atoms with Gasteiger partial charge in [-0.25, -0.2) is 0 Å². The number of carbonyl (C=O) groups excluding carboxylic acids is 1. The second kappa shape index (κ2) is 4.60. The highest BCUT2D eigenvalue weighted by Gasteiger charge is 2.09. The summed E-state index contributed by atoms with van der Waals surface area (Å²) in [7, 11) is 0. The van der Waals surface area contributed by atoms with Gasteiger partial charge in [-0.05, 0) is 31.2 Å². The van der Waals surface area contributed by atoms with Crippen molar-refractivity contribution in [3.05, 3.63) is 53.1 Å². The molecule has 0 unspecified atom stereocenters. The molecule has 2 aromatic carbocycles. The average Bonchev–Trinajstić information content (AvgIpc) is 2.30. The Labute approximate surface area is 105 Å². The Bertz CT molecular complexity index is 578. The fourth-order valence-electron chi connectivity index (χ4n) is 1.69. The van der Waals surface area contributed by atoms with Crippen LogP contribution in [0.15, 0.2) is 42.5 Å². The molecular weight excluding hydrogens is 234 g/mol. The van der Waals surface area contributed by atoms with E-state index in [0.717, 1.165) is 11.1 Å². The van der Waals surface area contributed by atoms with Crippen molar-refractivity contribution in [1.82, 2.24) is 0 Å². The first-order chi connectivity index (χ1) is 8.09. The monoisotopic (exact) mass is 245 g/mol. The van der Waals surface area contributed by atoms with E-state index in [1.165, 1.54) is 6.92 Å². The molecule has 0 heterocycles. The van der Waals surface area contributed by atoms with Gasteiger partial charge in [-0.15, -0.1) is 0 Å². The van der Waals surface area contributed by atoms with Crippen molar-refractivity contribution in [3.8, 4) is 11.1 Å².